The predicted octanol–water partition coefficient (Wildman–Crippen LogP) is 4.64. The van der Waals surface area contributed by atoms with E-state index >= 15 is 0 Å². The van der Waals surface area contributed by atoms with Gasteiger partial charge in [-0.1, -0.05) is 18.2 Å². The molecule has 1 atom stereocenters. The van der Waals surface area contributed by atoms with Crippen molar-refractivity contribution >= 4 is 5.91 Å². The summed E-state index contributed by atoms with van der Waals surface area (Å²) in [6.45, 7) is 0.495. The molecule has 6 heteroatoms. The molecule has 31 heavy (non-hydrogen) atoms. The number of carbonyl (C=O) groups is 1. The SMILES string of the molecule is COc1ccc(C2c3cc(OC)c(OC)cc3CCN2C(=O)c2cccc(F)c2)cc1. The third-order valence-corrected chi connectivity index (χ3v) is 5.64. The Bertz CT molecular complexity index is 1100. The third-order valence-electron chi connectivity index (χ3n) is 5.64. The number of ether oxygens (including phenoxy) is 3. The Balaban J connectivity index is 1.84. The quantitative estimate of drug-likeness (QED) is 0.602. The number of fused-ring (bicyclic) bond motifs is 1. The molecule has 0 bridgehead atoms. The van der Waals surface area contributed by atoms with Crippen LogP contribution >= 0.6 is 0 Å². The molecule has 1 aliphatic heterocycles. The van der Waals surface area contributed by atoms with E-state index in [1.165, 1.54) is 12.1 Å². The Morgan fingerprint density at radius 1 is 0.935 bits per heavy atom. The van der Waals surface area contributed by atoms with Crippen LogP contribution in [0.4, 0.5) is 4.39 Å². The highest BCUT2D eigenvalue weighted by atomic mass is 19.1. The first-order valence-electron chi connectivity index (χ1n) is 10.0. The minimum atomic E-state index is -0.435. The van der Waals surface area contributed by atoms with Crippen LogP contribution in [0.3, 0.4) is 0 Å². The lowest BCUT2D eigenvalue weighted by Gasteiger charge is -2.38. The summed E-state index contributed by atoms with van der Waals surface area (Å²) in [7, 11) is 4.81. The molecular weight excluding hydrogens is 397 g/mol. The molecule has 160 valence electrons. The van der Waals surface area contributed by atoms with Crippen LogP contribution in [0.1, 0.15) is 33.1 Å². The van der Waals surface area contributed by atoms with Gasteiger partial charge in [0.25, 0.3) is 5.91 Å². The van der Waals surface area contributed by atoms with Gasteiger partial charge in [-0.3, -0.25) is 4.79 Å². The second-order valence-corrected chi connectivity index (χ2v) is 7.34. The van der Waals surface area contributed by atoms with Crippen molar-refractivity contribution in [3.05, 3.63) is 88.7 Å². The lowest BCUT2D eigenvalue weighted by atomic mass is 9.87. The molecule has 1 heterocycles. The van der Waals surface area contributed by atoms with Gasteiger partial charge in [-0.15, -0.1) is 0 Å². The van der Waals surface area contributed by atoms with Gasteiger partial charge in [0, 0.05) is 12.1 Å². The van der Waals surface area contributed by atoms with Gasteiger partial charge in [0.15, 0.2) is 11.5 Å². The average molecular weight is 421 g/mol. The van der Waals surface area contributed by atoms with Gasteiger partial charge in [-0.2, -0.15) is 0 Å². The van der Waals surface area contributed by atoms with Crippen molar-refractivity contribution in [1.82, 2.24) is 4.90 Å². The summed E-state index contributed by atoms with van der Waals surface area (Å²) in [5.41, 5.74) is 3.29. The van der Waals surface area contributed by atoms with Crippen LogP contribution in [-0.2, 0) is 6.42 Å². The van der Waals surface area contributed by atoms with Crippen molar-refractivity contribution in [2.45, 2.75) is 12.5 Å². The molecule has 4 rings (SSSR count). The number of hydrogen-bond donors (Lipinski definition) is 0. The molecule has 0 aromatic heterocycles. The Labute approximate surface area is 181 Å². The van der Waals surface area contributed by atoms with E-state index in [2.05, 4.69) is 0 Å². The maximum absolute atomic E-state index is 13.8. The zero-order valence-electron chi connectivity index (χ0n) is 17.7. The van der Waals surface area contributed by atoms with Crippen LogP contribution in [0.15, 0.2) is 60.7 Å². The Hall–Kier alpha value is -3.54. The van der Waals surface area contributed by atoms with Gasteiger partial charge in [0.2, 0.25) is 0 Å². The topological polar surface area (TPSA) is 48.0 Å². The lowest BCUT2D eigenvalue weighted by molar-refractivity contribution is 0.0693. The van der Waals surface area contributed by atoms with Crippen LogP contribution in [-0.4, -0.2) is 38.7 Å². The molecule has 1 aliphatic rings. The van der Waals surface area contributed by atoms with E-state index in [9.17, 15) is 9.18 Å². The molecule has 0 saturated heterocycles. The van der Waals surface area contributed by atoms with Gasteiger partial charge in [0.1, 0.15) is 11.6 Å². The van der Waals surface area contributed by atoms with Crippen molar-refractivity contribution in [1.29, 1.82) is 0 Å². The van der Waals surface area contributed by atoms with Gasteiger partial charge in [-0.05, 0) is 65.6 Å². The van der Waals surface area contributed by atoms with E-state index < -0.39 is 5.82 Å². The smallest absolute Gasteiger partial charge is 0.254 e. The Morgan fingerprint density at radius 3 is 2.29 bits per heavy atom. The fourth-order valence-electron chi connectivity index (χ4n) is 4.10. The number of rotatable bonds is 5. The molecule has 0 saturated carbocycles. The van der Waals surface area contributed by atoms with Crippen molar-refractivity contribution in [2.75, 3.05) is 27.9 Å². The van der Waals surface area contributed by atoms with E-state index in [1.54, 1.807) is 38.4 Å². The molecular formula is C25H24FNO4. The zero-order chi connectivity index (χ0) is 22.0. The molecule has 0 N–H and O–H groups in total. The van der Waals surface area contributed by atoms with Crippen LogP contribution in [0.25, 0.3) is 0 Å². The van der Waals surface area contributed by atoms with Crippen LogP contribution in [0.2, 0.25) is 0 Å². The summed E-state index contributed by atoms with van der Waals surface area (Å²) in [6.07, 6.45) is 0.656. The summed E-state index contributed by atoms with van der Waals surface area (Å²) in [5.74, 6) is 1.32. The lowest BCUT2D eigenvalue weighted by Crippen LogP contribution is -2.40. The normalized spacial score (nSPS) is 15.2. The third kappa shape index (κ3) is 3.93. The van der Waals surface area contributed by atoms with Crippen molar-refractivity contribution in [3.8, 4) is 17.2 Å². The molecule has 1 unspecified atom stereocenters. The minimum Gasteiger partial charge on any atom is -0.497 e. The van der Waals surface area contributed by atoms with Crippen LogP contribution in [0.5, 0.6) is 17.2 Å². The van der Waals surface area contributed by atoms with E-state index in [-0.39, 0.29) is 11.9 Å². The fourth-order valence-corrected chi connectivity index (χ4v) is 4.10. The average Bonchev–Trinajstić information content (AvgIpc) is 2.82. The van der Waals surface area contributed by atoms with E-state index in [1.807, 2.05) is 36.4 Å². The number of hydrogen-bond acceptors (Lipinski definition) is 4. The number of amides is 1. The highest BCUT2D eigenvalue weighted by Crippen LogP contribution is 2.41. The molecule has 3 aromatic rings. The highest BCUT2D eigenvalue weighted by Gasteiger charge is 2.34. The van der Waals surface area contributed by atoms with Crippen LogP contribution in [0, 0.1) is 5.82 Å². The van der Waals surface area contributed by atoms with Crippen LogP contribution < -0.4 is 14.2 Å². The van der Waals surface area contributed by atoms with Gasteiger partial charge in [-0.25, -0.2) is 4.39 Å². The van der Waals surface area contributed by atoms with Gasteiger partial charge >= 0.3 is 0 Å². The Morgan fingerprint density at radius 2 is 1.65 bits per heavy atom. The Kier molecular flexibility index (Phi) is 5.80. The van der Waals surface area contributed by atoms with Crippen molar-refractivity contribution in [2.24, 2.45) is 0 Å². The molecule has 0 fully saturated rings. The second kappa shape index (κ2) is 8.68. The first-order chi connectivity index (χ1) is 15.0. The largest absolute Gasteiger partial charge is 0.497 e. The summed E-state index contributed by atoms with van der Waals surface area (Å²) < 4.78 is 30.1. The summed E-state index contributed by atoms with van der Waals surface area (Å²) >= 11 is 0. The van der Waals surface area contributed by atoms with Crippen molar-refractivity contribution < 1.29 is 23.4 Å². The maximum atomic E-state index is 13.8. The first-order valence-corrected chi connectivity index (χ1v) is 10.0. The molecule has 0 aliphatic carbocycles. The number of halogens is 1. The van der Waals surface area contributed by atoms with E-state index in [0.29, 0.717) is 30.0 Å². The highest BCUT2D eigenvalue weighted by molar-refractivity contribution is 5.95. The monoisotopic (exact) mass is 421 g/mol. The van der Waals surface area contributed by atoms with Crippen molar-refractivity contribution in [3.63, 3.8) is 0 Å². The number of benzene rings is 3. The molecule has 5 nitrogen and oxygen atoms in total. The number of methoxy groups -OCH3 is 3. The summed E-state index contributed by atoms with van der Waals surface area (Å²) in [5, 5.41) is 0. The molecule has 1 amide bonds. The summed E-state index contributed by atoms with van der Waals surface area (Å²) in [4.78, 5) is 15.2. The van der Waals surface area contributed by atoms with Gasteiger partial charge < -0.3 is 19.1 Å². The molecule has 0 spiro atoms. The second-order valence-electron chi connectivity index (χ2n) is 7.34. The summed E-state index contributed by atoms with van der Waals surface area (Å²) in [6, 6.07) is 17.0. The van der Waals surface area contributed by atoms with E-state index in [0.717, 1.165) is 22.4 Å². The predicted molar refractivity (Wildman–Crippen MR) is 116 cm³/mol. The molecule has 3 aromatic carbocycles. The van der Waals surface area contributed by atoms with Gasteiger partial charge in [0.05, 0.1) is 27.4 Å². The maximum Gasteiger partial charge on any atom is 0.254 e. The minimum absolute atomic E-state index is 0.222. The number of nitrogens with zero attached hydrogens (tertiary/aromatic N) is 1. The standard InChI is InChI=1S/C25H24FNO4/c1-29-20-9-7-16(8-10-20)24-21-15-23(31-3)22(30-2)14-17(21)11-12-27(24)25(28)18-5-4-6-19(26)13-18/h4-10,13-15,24H,11-12H2,1-3H3. The first kappa shape index (κ1) is 20.7. The number of carbonyl (C=O) groups excluding carboxylic acids is 1. The zero-order valence-corrected chi connectivity index (χ0v) is 17.7. The fraction of sp³-hybridized carbons (Fsp3) is 0.240. The van der Waals surface area contributed by atoms with E-state index in [4.69, 9.17) is 14.2 Å². The molecule has 0 radical (unpaired) electrons.